The van der Waals surface area contributed by atoms with Crippen molar-refractivity contribution in [3.8, 4) is 5.40 Å². The third kappa shape index (κ3) is 4.84. The van der Waals surface area contributed by atoms with Gasteiger partial charge in [-0.05, 0) is 37.0 Å². The van der Waals surface area contributed by atoms with E-state index in [0.717, 1.165) is 5.56 Å². The van der Waals surface area contributed by atoms with Crippen LogP contribution in [0.2, 0.25) is 19.6 Å². The number of nitriles is 1. The van der Waals surface area contributed by atoms with Gasteiger partial charge in [0.05, 0.1) is 6.10 Å². The fourth-order valence-electron chi connectivity index (χ4n) is 1.41. The fourth-order valence-corrected chi connectivity index (χ4v) is 3.09. The lowest BCUT2D eigenvalue weighted by molar-refractivity contribution is 0.224. The molecule has 1 aromatic carbocycles. The van der Waals surface area contributed by atoms with E-state index < -0.39 is 8.32 Å². The van der Waals surface area contributed by atoms with Crippen LogP contribution in [-0.2, 0) is 4.43 Å². The Morgan fingerprint density at radius 1 is 1.31 bits per heavy atom. The molecule has 2 nitrogen and oxygen atoms in total. The second-order valence-electron chi connectivity index (χ2n) is 4.53. The van der Waals surface area contributed by atoms with Crippen molar-refractivity contribution in [3.63, 3.8) is 0 Å². The van der Waals surface area contributed by atoms with Crippen molar-refractivity contribution in [2.45, 2.75) is 25.7 Å². The number of rotatable bonds is 5. The average molecular weight is 251 g/mol. The minimum atomic E-state index is -1.58. The quantitative estimate of drug-likeness (QED) is 0.589. The SMILES string of the molecule is C[Si](C)(C)OC(CSC#N)c1ccccc1. The Labute approximate surface area is 103 Å². The van der Waals surface area contributed by atoms with Crippen LogP contribution in [0.25, 0.3) is 0 Å². The van der Waals surface area contributed by atoms with Gasteiger partial charge in [-0.2, -0.15) is 5.26 Å². The summed E-state index contributed by atoms with van der Waals surface area (Å²) < 4.78 is 6.09. The predicted octanol–water partition coefficient (Wildman–Crippen LogP) is 3.79. The molecule has 1 unspecified atom stereocenters. The first-order valence-corrected chi connectivity index (χ1v) is 9.66. The zero-order valence-electron chi connectivity index (χ0n) is 9.93. The Morgan fingerprint density at radius 3 is 2.44 bits per heavy atom. The van der Waals surface area contributed by atoms with Crippen LogP contribution in [0, 0.1) is 10.7 Å². The van der Waals surface area contributed by atoms with Gasteiger partial charge in [0.25, 0.3) is 0 Å². The van der Waals surface area contributed by atoms with E-state index in [1.807, 2.05) is 18.2 Å². The summed E-state index contributed by atoms with van der Waals surface area (Å²) in [6.07, 6.45) is 0.0394. The van der Waals surface area contributed by atoms with E-state index in [0.29, 0.717) is 5.75 Å². The summed E-state index contributed by atoms with van der Waals surface area (Å²) in [6.45, 7) is 6.50. The molecule has 16 heavy (non-hydrogen) atoms. The van der Waals surface area contributed by atoms with Crippen LogP contribution in [-0.4, -0.2) is 14.1 Å². The molecule has 0 saturated carbocycles. The number of hydrogen-bond donors (Lipinski definition) is 0. The van der Waals surface area contributed by atoms with Gasteiger partial charge in [-0.15, -0.1) is 0 Å². The summed E-state index contributed by atoms with van der Waals surface area (Å²) in [7, 11) is -1.58. The Bertz CT molecular complexity index is 356. The highest BCUT2D eigenvalue weighted by atomic mass is 32.2. The van der Waals surface area contributed by atoms with Crippen molar-refractivity contribution in [2.24, 2.45) is 0 Å². The molecule has 0 aromatic heterocycles. The van der Waals surface area contributed by atoms with Gasteiger partial charge in [0, 0.05) is 5.75 Å². The lowest BCUT2D eigenvalue weighted by Gasteiger charge is -2.25. The number of hydrogen-bond acceptors (Lipinski definition) is 3. The molecular formula is C12H17NOSSi. The van der Waals surface area contributed by atoms with Crippen molar-refractivity contribution in [3.05, 3.63) is 35.9 Å². The first-order valence-electron chi connectivity index (χ1n) is 5.26. The molecule has 0 heterocycles. The minimum absolute atomic E-state index is 0.0394. The van der Waals surface area contributed by atoms with E-state index in [2.05, 4.69) is 37.2 Å². The molecule has 0 amide bonds. The zero-order valence-corrected chi connectivity index (χ0v) is 11.8. The van der Waals surface area contributed by atoms with Gasteiger partial charge in [0.15, 0.2) is 8.32 Å². The van der Waals surface area contributed by atoms with Crippen LogP contribution in [0.1, 0.15) is 11.7 Å². The highest BCUT2D eigenvalue weighted by molar-refractivity contribution is 8.03. The standard InChI is InChI=1S/C12H17NOSSi/c1-16(2,3)14-12(9-15-10-13)11-7-5-4-6-8-11/h4-8,12H,9H2,1-3H3. The molecule has 86 valence electrons. The highest BCUT2D eigenvalue weighted by Gasteiger charge is 2.22. The lowest BCUT2D eigenvalue weighted by atomic mass is 10.1. The summed E-state index contributed by atoms with van der Waals surface area (Å²) in [4.78, 5) is 0. The van der Waals surface area contributed by atoms with E-state index >= 15 is 0 Å². The molecule has 0 aliphatic rings. The Hall–Kier alpha value is -0.763. The Kier molecular flexibility index (Phi) is 5.06. The Morgan fingerprint density at radius 2 is 1.94 bits per heavy atom. The lowest BCUT2D eigenvalue weighted by Crippen LogP contribution is -2.28. The molecule has 0 aliphatic carbocycles. The smallest absolute Gasteiger partial charge is 0.184 e. The monoisotopic (exact) mass is 251 g/mol. The highest BCUT2D eigenvalue weighted by Crippen LogP contribution is 2.25. The molecule has 0 N–H and O–H groups in total. The zero-order chi connectivity index (χ0) is 12.0. The van der Waals surface area contributed by atoms with Gasteiger partial charge in [-0.3, -0.25) is 0 Å². The number of thioether (sulfide) groups is 1. The summed E-state index contributed by atoms with van der Waals surface area (Å²) in [6, 6.07) is 10.1. The van der Waals surface area contributed by atoms with E-state index in [-0.39, 0.29) is 6.10 Å². The molecule has 0 aliphatic heterocycles. The average Bonchev–Trinajstić information content (AvgIpc) is 2.24. The maximum absolute atomic E-state index is 8.63. The normalized spacial score (nSPS) is 13.1. The second kappa shape index (κ2) is 6.09. The molecule has 1 rings (SSSR count). The largest absolute Gasteiger partial charge is 0.410 e. The molecule has 0 fully saturated rings. The van der Waals surface area contributed by atoms with Gasteiger partial charge in [-0.25, -0.2) is 0 Å². The van der Waals surface area contributed by atoms with Crippen LogP contribution in [0.3, 0.4) is 0 Å². The van der Waals surface area contributed by atoms with Crippen LogP contribution in [0.5, 0.6) is 0 Å². The van der Waals surface area contributed by atoms with Gasteiger partial charge >= 0.3 is 0 Å². The minimum Gasteiger partial charge on any atom is -0.410 e. The molecule has 0 spiro atoms. The van der Waals surface area contributed by atoms with Crippen molar-refractivity contribution in [2.75, 3.05) is 5.75 Å². The molecule has 1 aromatic rings. The second-order valence-corrected chi connectivity index (χ2v) is 9.80. The first kappa shape index (κ1) is 13.3. The topological polar surface area (TPSA) is 33.0 Å². The molecule has 4 heteroatoms. The number of thiocyanates is 1. The summed E-state index contributed by atoms with van der Waals surface area (Å²) in [5, 5.41) is 10.7. The van der Waals surface area contributed by atoms with Gasteiger partial charge in [0.1, 0.15) is 5.40 Å². The van der Waals surface area contributed by atoms with Crippen LogP contribution >= 0.6 is 11.8 Å². The summed E-state index contributed by atoms with van der Waals surface area (Å²) >= 11 is 1.25. The number of benzene rings is 1. The molecular weight excluding hydrogens is 234 g/mol. The van der Waals surface area contributed by atoms with Gasteiger partial charge < -0.3 is 4.43 Å². The van der Waals surface area contributed by atoms with E-state index in [1.165, 1.54) is 11.8 Å². The summed E-state index contributed by atoms with van der Waals surface area (Å²) in [5.41, 5.74) is 1.16. The molecule has 0 bridgehead atoms. The third-order valence-electron chi connectivity index (χ3n) is 1.97. The van der Waals surface area contributed by atoms with Crippen molar-refractivity contribution >= 4 is 20.1 Å². The fraction of sp³-hybridized carbons (Fsp3) is 0.417. The number of nitrogens with zero attached hydrogens (tertiary/aromatic N) is 1. The summed E-state index contributed by atoms with van der Waals surface area (Å²) in [5.74, 6) is 0.699. The molecule has 0 radical (unpaired) electrons. The van der Waals surface area contributed by atoms with E-state index in [9.17, 15) is 0 Å². The van der Waals surface area contributed by atoms with Gasteiger partial charge in [0.2, 0.25) is 0 Å². The maximum atomic E-state index is 8.63. The van der Waals surface area contributed by atoms with Crippen molar-refractivity contribution in [1.82, 2.24) is 0 Å². The van der Waals surface area contributed by atoms with Crippen LogP contribution in [0.4, 0.5) is 0 Å². The predicted molar refractivity (Wildman–Crippen MR) is 71.7 cm³/mol. The van der Waals surface area contributed by atoms with Crippen LogP contribution in [0.15, 0.2) is 30.3 Å². The van der Waals surface area contributed by atoms with Crippen molar-refractivity contribution in [1.29, 1.82) is 5.26 Å². The van der Waals surface area contributed by atoms with E-state index in [4.69, 9.17) is 9.69 Å². The van der Waals surface area contributed by atoms with Crippen molar-refractivity contribution < 1.29 is 4.43 Å². The third-order valence-corrected chi connectivity index (χ3v) is 3.56. The van der Waals surface area contributed by atoms with Gasteiger partial charge in [-0.1, -0.05) is 30.3 Å². The van der Waals surface area contributed by atoms with E-state index in [1.54, 1.807) is 0 Å². The molecule has 0 saturated heterocycles. The first-order chi connectivity index (χ1) is 7.53. The Balaban J connectivity index is 2.76. The van der Waals surface area contributed by atoms with Crippen LogP contribution < -0.4 is 0 Å². The molecule has 1 atom stereocenters. The maximum Gasteiger partial charge on any atom is 0.184 e.